The number of hydrogen-bond acceptors (Lipinski definition) is 3. The Labute approximate surface area is 171 Å². The molecule has 0 spiro atoms. The lowest BCUT2D eigenvalue weighted by Gasteiger charge is -2.21. The van der Waals surface area contributed by atoms with Gasteiger partial charge in [0.25, 0.3) is 0 Å². The molecule has 2 N–H and O–H groups in total. The number of anilines is 1. The van der Waals surface area contributed by atoms with Crippen molar-refractivity contribution in [3.05, 3.63) is 65.2 Å². The molecule has 1 heterocycles. The molecule has 0 aromatic heterocycles. The van der Waals surface area contributed by atoms with Crippen molar-refractivity contribution in [3.63, 3.8) is 0 Å². The van der Waals surface area contributed by atoms with E-state index in [4.69, 9.17) is 0 Å². The summed E-state index contributed by atoms with van der Waals surface area (Å²) in [6, 6.07) is 12.2. The maximum atomic E-state index is 14.1. The van der Waals surface area contributed by atoms with Gasteiger partial charge in [-0.1, -0.05) is 24.3 Å². The molecule has 0 saturated carbocycles. The van der Waals surface area contributed by atoms with Crippen molar-refractivity contribution >= 4 is 11.6 Å². The van der Waals surface area contributed by atoms with Gasteiger partial charge < -0.3 is 20.4 Å². The van der Waals surface area contributed by atoms with Crippen LogP contribution in [0.1, 0.15) is 17.5 Å². The summed E-state index contributed by atoms with van der Waals surface area (Å²) in [4.78, 5) is 8.41. The van der Waals surface area contributed by atoms with Crippen molar-refractivity contribution in [1.29, 1.82) is 0 Å². The minimum atomic E-state index is -0.556. The number of hydrogen-bond donors (Lipinski definition) is 2. The third-order valence-corrected chi connectivity index (χ3v) is 5.05. The van der Waals surface area contributed by atoms with Gasteiger partial charge >= 0.3 is 0 Å². The first-order valence-electron chi connectivity index (χ1n) is 9.85. The molecule has 0 aliphatic carbocycles. The van der Waals surface area contributed by atoms with E-state index in [1.165, 1.54) is 23.3 Å². The van der Waals surface area contributed by atoms with Crippen molar-refractivity contribution in [3.8, 4) is 0 Å². The van der Waals surface area contributed by atoms with E-state index in [0.29, 0.717) is 25.3 Å². The fraction of sp³-hybridized carbons (Fsp3) is 0.409. The van der Waals surface area contributed by atoms with Crippen LogP contribution in [0, 0.1) is 11.6 Å². The van der Waals surface area contributed by atoms with Crippen LogP contribution in [0.15, 0.2) is 47.5 Å². The molecule has 2 aromatic carbocycles. The van der Waals surface area contributed by atoms with E-state index >= 15 is 0 Å². The number of aliphatic imine (C=N–C) groups is 1. The van der Waals surface area contributed by atoms with Crippen LogP contribution in [0.25, 0.3) is 0 Å². The van der Waals surface area contributed by atoms with Gasteiger partial charge in [-0.2, -0.15) is 0 Å². The summed E-state index contributed by atoms with van der Waals surface area (Å²) < 4.78 is 27.2. The smallest absolute Gasteiger partial charge is 0.191 e. The number of rotatable bonds is 6. The summed E-state index contributed by atoms with van der Waals surface area (Å²) >= 11 is 0. The van der Waals surface area contributed by atoms with Crippen LogP contribution in [0.2, 0.25) is 0 Å². The molecule has 2 aromatic rings. The van der Waals surface area contributed by atoms with Crippen LogP contribution in [0.4, 0.5) is 14.5 Å². The van der Waals surface area contributed by atoms with Gasteiger partial charge in [-0.15, -0.1) is 0 Å². The zero-order valence-electron chi connectivity index (χ0n) is 17.3. The summed E-state index contributed by atoms with van der Waals surface area (Å²) in [5.41, 5.74) is 2.95. The molecule has 1 atom stereocenters. The highest BCUT2D eigenvalue weighted by atomic mass is 19.1. The lowest BCUT2D eigenvalue weighted by Crippen LogP contribution is -2.44. The van der Waals surface area contributed by atoms with Crippen molar-refractivity contribution in [2.75, 3.05) is 39.1 Å². The molecule has 1 aliphatic rings. The third-order valence-electron chi connectivity index (χ3n) is 5.05. The van der Waals surface area contributed by atoms with E-state index in [2.05, 4.69) is 52.8 Å². The van der Waals surface area contributed by atoms with Crippen LogP contribution in [-0.2, 0) is 13.1 Å². The average Bonchev–Trinajstić information content (AvgIpc) is 3.14. The Morgan fingerprint density at radius 1 is 1.17 bits per heavy atom. The van der Waals surface area contributed by atoms with Gasteiger partial charge in [-0.05, 0) is 43.8 Å². The first-order chi connectivity index (χ1) is 14.0. The number of nitrogens with zero attached hydrogens (tertiary/aromatic N) is 3. The Hall–Kier alpha value is -2.67. The van der Waals surface area contributed by atoms with Crippen LogP contribution < -0.4 is 15.5 Å². The summed E-state index contributed by atoms with van der Waals surface area (Å²) in [5, 5.41) is 6.79. The van der Waals surface area contributed by atoms with Crippen molar-refractivity contribution < 1.29 is 8.78 Å². The lowest BCUT2D eigenvalue weighted by molar-refractivity contribution is 0.400. The predicted octanol–water partition coefficient (Wildman–Crippen LogP) is 2.97. The van der Waals surface area contributed by atoms with Gasteiger partial charge in [0, 0.05) is 45.3 Å². The molecule has 0 bridgehead atoms. The molecule has 1 fully saturated rings. The van der Waals surface area contributed by atoms with Crippen molar-refractivity contribution in [2.24, 2.45) is 4.99 Å². The zero-order valence-corrected chi connectivity index (χ0v) is 17.3. The molecule has 0 amide bonds. The highest BCUT2D eigenvalue weighted by Crippen LogP contribution is 2.24. The standard InChI is InChI=1S/C22H29F2N5/c1-25-22(26-13-16-6-4-5-7-17(16)14-28(2)3)27-19-10-11-29(15-19)21-9-8-18(23)12-20(21)24/h4-9,12,19H,10-11,13-15H2,1-3H3,(H2,25,26,27). The minimum absolute atomic E-state index is 0.141. The van der Waals surface area contributed by atoms with Gasteiger partial charge in [-0.3, -0.25) is 4.99 Å². The van der Waals surface area contributed by atoms with Gasteiger partial charge in [0.1, 0.15) is 11.6 Å². The average molecular weight is 402 g/mol. The van der Waals surface area contributed by atoms with Gasteiger partial charge in [-0.25, -0.2) is 8.78 Å². The molecule has 5 nitrogen and oxygen atoms in total. The predicted molar refractivity (Wildman–Crippen MR) is 114 cm³/mol. The van der Waals surface area contributed by atoms with Gasteiger partial charge in [0.05, 0.1) is 5.69 Å². The summed E-state index contributed by atoms with van der Waals surface area (Å²) in [6.07, 6.45) is 0.856. The summed E-state index contributed by atoms with van der Waals surface area (Å²) in [6.45, 7) is 2.90. The van der Waals surface area contributed by atoms with E-state index in [-0.39, 0.29) is 6.04 Å². The van der Waals surface area contributed by atoms with Crippen molar-refractivity contribution in [2.45, 2.75) is 25.6 Å². The second kappa shape index (κ2) is 9.69. The van der Waals surface area contributed by atoms with Gasteiger partial charge in [0.15, 0.2) is 5.96 Å². The Balaban J connectivity index is 1.56. The van der Waals surface area contributed by atoms with Crippen LogP contribution in [0.5, 0.6) is 0 Å². The lowest BCUT2D eigenvalue weighted by atomic mass is 10.1. The van der Waals surface area contributed by atoms with Crippen LogP contribution in [-0.4, -0.2) is 51.1 Å². The normalized spacial score (nSPS) is 17.1. The maximum absolute atomic E-state index is 14.1. The molecule has 156 valence electrons. The number of halogens is 2. The second-order valence-corrected chi connectivity index (χ2v) is 7.60. The zero-order chi connectivity index (χ0) is 20.8. The second-order valence-electron chi connectivity index (χ2n) is 7.60. The van der Waals surface area contributed by atoms with Gasteiger partial charge in [0.2, 0.25) is 0 Å². The monoisotopic (exact) mass is 401 g/mol. The van der Waals surface area contributed by atoms with E-state index in [1.807, 2.05) is 11.0 Å². The van der Waals surface area contributed by atoms with Crippen LogP contribution in [0.3, 0.4) is 0 Å². The molecule has 1 aliphatic heterocycles. The highest BCUT2D eigenvalue weighted by Gasteiger charge is 2.25. The molecule has 1 saturated heterocycles. The highest BCUT2D eigenvalue weighted by molar-refractivity contribution is 5.80. The molecule has 29 heavy (non-hydrogen) atoms. The molecular formula is C22H29F2N5. The van der Waals surface area contributed by atoms with Crippen molar-refractivity contribution in [1.82, 2.24) is 15.5 Å². The molecule has 1 unspecified atom stereocenters. The summed E-state index contributed by atoms with van der Waals surface area (Å²) in [7, 11) is 5.86. The maximum Gasteiger partial charge on any atom is 0.191 e. The molecular weight excluding hydrogens is 372 g/mol. The Morgan fingerprint density at radius 2 is 1.93 bits per heavy atom. The minimum Gasteiger partial charge on any atom is -0.367 e. The number of nitrogens with one attached hydrogen (secondary N) is 2. The van der Waals surface area contributed by atoms with E-state index in [1.54, 1.807) is 7.05 Å². The largest absolute Gasteiger partial charge is 0.367 e. The van der Waals surface area contributed by atoms with E-state index in [0.717, 1.165) is 25.0 Å². The molecule has 0 radical (unpaired) electrons. The fourth-order valence-corrected chi connectivity index (χ4v) is 3.63. The summed E-state index contributed by atoms with van der Waals surface area (Å²) in [5.74, 6) is -0.360. The fourth-order valence-electron chi connectivity index (χ4n) is 3.63. The molecule has 3 rings (SSSR count). The number of guanidine groups is 1. The SMILES string of the molecule is CN=C(NCc1ccccc1CN(C)C)NC1CCN(c2ccc(F)cc2F)C1. The Bertz CT molecular complexity index is 853. The first-order valence-corrected chi connectivity index (χ1v) is 9.85. The molecule has 7 heteroatoms. The third kappa shape index (κ3) is 5.67. The Morgan fingerprint density at radius 3 is 2.62 bits per heavy atom. The first kappa shape index (κ1) is 21.0. The van der Waals surface area contributed by atoms with Crippen LogP contribution >= 0.6 is 0 Å². The quantitative estimate of drug-likeness (QED) is 0.577. The number of benzene rings is 2. The Kier molecular flexibility index (Phi) is 7.04. The topological polar surface area (TPSA) is 42.9 Å². The van der Waals surface area contributed by atoms with E-state index in [9.17, 15) is 8.78 Å². The van der Waals surface area contributed by atoms with E-state index < -0.39 is 11.6 Å².